The van der Waals surface area contributed by atoms with Crippen LogP contribution < -0.4 is 5.32 Å². The van der Waals surface area contributed by atoms with Gasteiger partial charge in [-0.25, -0.2) is 0 Å². The summed E-state index contributed by atoms with van der Waals surface area (Å²) in [5.74, 6) is 0. The van der Waals surface area contributed by atoms with E-state index in [1.54, 1.807) is 7.11 Å². The highest BCUT2D eigenvalue weighted by atomic mass is 16.5. The predicted octanol–water partition coefficient (Wildman–Crippen LogP) is 2.54. The van der Waals surface area contributed by atoms with Gasteiger partial charge in [-0.3, -0.25) is 4.68 Å². The molecule has 0 saturated carbocycles. The molecule has 17 heavy (non-hydrogen) atoms. The lowest BCUT2D eigenvalue weighted by atomic mass is 10.1. The monoisotopic (exact) mass is 239 g/mol. The van der Waals surface area contributed by atoms with Crippen LogP contribution in [-0.2, 0) is 4.74 Å². The van der Waals surface area contributed by atoms with Crippen molar-refractivity contribution in [2.75, 3.05) is 20.3 Å². The van der Waals surface area contributed by atoms with Crippen molar-refractivity contribution in [3.8, 4) is 0 Å². The number of rotatable bonds is 8. The Kier molecular flexibility index (Phi) is 6.22. The molecule has 0 radical (unpaired) electrons. The Morgan fingerprint density at radius 2 is 2.24 bits per heavy atom. The quantitative estimate of drug-likeness (QED) is 0.757. The highest BCUT2D eigenvalue weighted by Gasteiger charge is 2.16. The number of aromatic nitrogens is 2. The van der Waals surface area contributed by atoms with E-state index in [2.05, 4.69) is 41.9 Å². The fraction of sp³-hybridized carbons (Fsp3) is 0.769. The van der Waals surface area contributed by atoms with Gasteiger partial charge in [-0.2, -0.15) is 5.10 Å². The van der Waals surface area contributed by atoms with E-state index in [1.807, 2.05) is 6.20 Å². The van der Waals surface area contributed by atoms with Gasteiger partial charge in [-0.1, -0.05) is 6.92 Å². The van der Waals surface area contributed by atoms with Gasteiger partial charge in [0.05, 0.1) is 11.7 Å². The molecule has 98 valence electrons. The SMILES string of the molecule is CCCNC(CCOC)c1ccnn1C(C)C. The zero-order valence-electron chi connectivity index (χ0n) is 11.4. The zero-order valence-corrected chi connectivity index (χ0v) is 11.4. The molecule has 1 aromatic heterocycles. The van der Waals surface area contributed by atoms with E-state index in [0.29, 0.717) is 12.1 Å². The number of methoxy groups -OCH3 is 1. The Morgan fingerprint density at radius 1 is 1.47 bits per heavy atom. The second-order valence-corrected chi connectivity index (χ2v) is 4.58. The highest BCUT2D eigenvalue weighted by molar-refractivity contribution is 5.08. The van der Waals surface area contributed by atoms with Crippen LogP contribution in [0.15, 0.2) is 12.3 Å². The van der Waals surface area contributed by atoms with E-state index >= 15 is 0 Å². The van der Waals surface area contributed by atoms with E-state index < -0.39 is 0 Å². The maximum atomic E-state index is 5.18. The molecular formula is C13H25N3O. The maximum Gasteiger partial charge on any atom is 0.0557 e. The van der Waals surface area contributed by atoms with Crippen molar-refractivity contribution < 1.29 is 4.74 Å². The summed E-state index contributed by atoms with van der Waals surface area (Å²) in [6, 6.07) is 2.83. The number of nitrogens with zero attached hydrogens (tertiary/aromatic N) is 2. The van der Waals surface area contributed by atoms with Crippen LogP contribution in [0.25, 0.3) is 0 Å². The summed E-state index contributed by atoms with van der Waals surface area (Å²) < 4.78 is 7.27. The first kappa shape index (κ1) is 14.2. The summed E-state index contributed by atoms with van der Waals surface area (Å²) in [7, 11) is 1.75. The van der Waals surface area contributed by atoms with Gasteiger partial charge in [0.15, 0.2) is 0 Å². The number of hydrogen-bond donors (Lipinski definition) is 1. The topological polar surface area (TPSA) is 39.1 Å². The Balaban J connectivity index is 2.75. The van der Waals surface area contributed by atoms with E-state index in [9.17, 15) is 0 Å². The summed E-state index contributed by atoms with van der Waals surface area (Å²) in [5, 5.41) is 7.95. The Bertz CT molecular complexity index is 301. The number of hydrogen-bond acceptors (Lipinski definition) is 3. The molecule has 4 nitrogen and oxygen atoms in total. The lowest BCUT2D eigenvalue weighted by Gasteiger charge is -2.21. The zero-order chi connectivity index (χ0) is 12.7. The molecule has 1 heterocycles. The minimum atomic E-state index is 0.333. The van der Waals surface area contributed by atoms with Crippen molar-refractivity contribution in [3.05, 3.63) is 18.0 Å². The fourth-order valence-electron chi connectivity index (χ4n) is 1.94. The minimum absolute atomic E-state index is 0.333. The molecule has 1 unspecified atom stereocenters. The molecule has 0 amide bonds. The van der Waals surface area contributed by atoms with Gasteiger partial charge in [0.1, 0.15) is 0 Å². The summed E-state index contributed by atoms with van der Waals surface area (Å²) >= 11 is 0. The van der Waals surface area contributed by atoms with Crippen LogP contribution >= 0.6 is 0 Å². The lowest BCUT2D eigenvalue weighted by molar-refractivity contribution is 0.181. The standard InChI is InChI=1S/C13H25N3O/c1-5-8-14-12(7-10-17-4)13-6-9-15-16(13)11(2)3/h6,9,11-12,14H,5,7-8,10H2,1-4H3. The third-order valence-electron chi connectivity index (χ3n) is 2.80. The average Bonchev–Trinajstić information content (AvgIpc) is 2.78. The van der Waals surface area contributed by atoms with Gasteiger partial charge >= 0.3 is 0 Å². The van der Waals surface area contributed by atoms with E-state index in [1.165, 1.54) is 5.69 Å². The Hall–Kier alpha value is -0.870. The second kappa shape index (κ2) is 7.45. The van der Waals surface area contributed by atoms with E-state index in [4.69, 9.17) is 4.74 Å². The molecule has 0 aliphatic carbocycles. The van der Waals surface area contributed by atoms with Gasteiger partial charge < -0.3 is 10.1 Å². The number of ether oxygens (including phenoxy) is 1. The van der Waals surface area contributed by atoms with Crippen molar-refractivity contribution in [1.29, 1.82) is 0 Å². The molecule has 0 saturated heterocycles. The van der Waals surface area contributed by atoms with Crippen LogP contribution in [0.4, 0.5) is 0 Å². The molecule has 0 aliphatic heterocycles. The maximum absolute atomic E-state index is 5.18. The molecule has 1 atom stereocenters. The van der Waals surface area contributed by atoms with Crippen molar-refractivity contribution in [3.63, 3.8) is 0 Å². The molecule has 1 aromatic rings. The molecule has 0 aromatic carbocycles. The third kappa shape index (κ3) is 4.13. The normalized spacial score (nSPS) is 13.2. The van der Waals surface area contributed by atoms with Crippen LogP contribution in [0.5, 0.6) is 0 Å². The van der Waals surface area contributed by atoms with Gasteiger partial charge in [0, 0.05) is 26.0 Å². The van der Waals surface area contributed by atoms with Gasteiger partial charge in [0.25, 0.3) is 0 Å². The van der Waals surface area contributed by atoms with Gasteiger partial charge in [-0.15, -0.1) is 0 Å². The summed E-state index contributed by atoms with van der Waals surface area (Å²) in [4.78, 5) is 0. The van der Waals surface area contributed by atoms with Crippen LogP contribution in [0, 0.1) is 0 Å². The Morgan fingerprint density at radius 3 is 2.82 bits per heavy atom. The minimum Gasteiger partial charge on any atom is -0.385 e. The summed E-state index contributed by atoms with van der Waals surface area (Å²) in [5.41, 5.74) is 1.26. The second-order valence-electron chi connectivity index (χ2n) is 4.58. The molecule has 0 fully saturated rings. The van der Waals surface area contributed by atoms with Crippen LogP contribution in [0.1, 0.15) is 51.4 Å². The molecule has 0 spiro atoms. The van der Waals surface area contributed by atoms with Gasteiger partial charge in [-0.05, 0) is 39.3 Å². The van der Waals surface area contributed by atoms with Crippen molar-refractivity contribution >= 4 is 0 Å². The molecule has 0 aliphatic rings. The largest absolute Gasteiger partial charge is 0.385 e. The summed E-state index contributed by atoms with van der Waals surface area (Å²) in [6.07, 6.45) is 4.00. The summed E-state index contributed by atoms with van der Waals surface area (Å²) in [6.45, 7) is 8.29. The van der Waals surface area contributed by atoms with E-state index in [0.717, 1.165) is 26.0 Å². The van der Waals surface area contributed by atoms with Crippen LogP contribution in [0.2, 0.25) is 0 Å². The molecular weight excluding hydrogens is 214 g/mol. The number of nitrogens with one attached hydrogen (secondary N) is 1. The van der Waals surface area contributed by atoms with Crippen molar-refractivity contribution in [2.24, 2.45) is 0 Å². The predicted molar refractivity (Wildman–Crippen MR) is 70.1 cm³/mol. The Labute approximate surface area is 104 Å². The molecule has 1 rings (SSSR count). The van der Waals surface area contributed by atoms with E-state index in [-0.39, 0.29) is 0 Å². The van der Waals surface area contributed by atoms with Crippen LogP contribution in [-0.4, -0.2) is 30.0 Å². The highest BCUT2D eigenvalue weighted by Crippen LogP contribution is 2.19. The first-order valence-corrected chi connectivity index (χ1v) is 6.46. The first-order chi connectivity index (χ1) is 8.20. The molecule has 1 N–H and O–H groups in total. The van der Waals surface area contributed by atoms with Crippen molar-refractivity contribution in [1.82, 2.24) is 15.1 Å². The fourth-order valence-corrected chi connectivity index (χ4v) is 1.94. The van der Waals surface area contributed by atoms with Gasteiger partial charge in [0.2, 0.25) is 0 Å². The lowest BCUT2D eigenvalue weighted by Crippen LogP contribution is -2.26. The van der Waals surface area contributed by atoms with Crippen LogP contribution in [0.3, 0.4) is 0 Å². The van der Waals surface area contributed by atoms with Crippen molar-refractivity contribution in [2.45, 2.75) is 45.7 Å². The third-order valence-corrected chi connectivity index (χ3v) is 2.80. The smallest absolute Gasteiger partial charge is 0.0557 e. The first-order valence-electron chi connectivity index (χ1n) is 6.46. The average molecular weight is 239 g/mol. The molecule has 4 heteroatoms. The molecule has 0 bridgehead atoms.